The molecule has 0 aromatic rings. The van der Waals surface area contributed by atoms with E-state index in [1.807, 2.05) is 0 Å². The Morgan fingerprint density at radius 3 is 2.40 bits per heavy atom. The van der Waals surface area contributed by atoms with Crippen LogP contribution in [0.3, 0.4) is 0 Å². The van der Waals surface area contributed by atoms with E-state index in [1.54, 1.807) is 0 Å². The zero-order valence-electron chi connectivity index (χ0n) is 3.38. The molecule has 3 heteroatoms. The van der Waals surface area contributed by atoms with Crippen LogP contribution in [0.15, 0.2) is 0 Å². The molecule has 5 heavy (non-hydrogen) atoms. The number of carboxylic acid groups (broad SMARTS) is 1. The van der Waals surface area contributed by atoms with Gasteiger partial charge in [0.25, 0.3) is 0 Å². The molecular weight excluding hydrogens is 72.0 g/mol. The Labute approximate surface area is 30.3 Å². The van der Waals surface area contributed by atoms with E-state index in [0.717, 1.165) is 0 Å². The first-order valence-electron chi connectivity index (χ1n) is 1.55. The third kappa shape index (κ3) is 3.43. The summed E-state index contributed by atoms with van der Waals surface area (Å²) in [4.78, 5) is 9.26. The Bertz CT molecular complexity index is 59.8. The molecule has 0 aliphatic carbocycles. The van der Waals surface area contributed by atoms with Crippen molar-refractivity contribution in [1.29, 1.82) is 0 Å². The summed E-state index contributed by atoms with van der Waals surface area (Å²) in [7, 11) is 0. The fourth-order valence-electron chi connectivity index (χ4n) is 0. The van der Waals surface area contributed by atoms with Crippen molar-refractivity contribution in [2.75, 3.05) is 6.58 Å². The highest BCUT2D eigenvalue weighted by molar-refractivity contribution is 5.67. The van der Waals surface area contributed by atoms with Gasteiger partial charge in [-0.1, -0.05) is 0 Å². The van der Waals surface area contributed by atoms with E-state index in [-0.39, 0.29) is 0 Å². The lowest BCUT2D eigenvalue weighted by atomic mass is 10.8. The van der Waals surface area contributed by atoms with Crippen LogP contribution in [0.1, 0.15) is 1.37 Å². The molecule has 0 spiro atoms. The third-order valence-corrected chi connectivity index (χ3v) is 0.110. The molecular formula is C2H4O3. The van der Waals surface area contributed by atoms with Gasteiger partial charge in [0.1, 0.15) is 6.58 Å². The largest absolute Gasteiger partial charge is 0.480 e. The number of aliphatic carboxylic acids is 1. The van der Waals surface area contributed by atoms with Gasteiger partial charge in [0.2, 0.25) is 0 Å². The van der Waals surface area contributed by atoms with Crippen LogP contribution >= 0.6 is 0 Å². The second-order valence-electron chi connectivity index (χ2n) is 0.467. The van der Waals surface area contributed by atoms with Crippen molar-refractivity contribution < 1.29 is 16.4 Å². The molecule has 1 atom stereocenters. The highest BCUT2D eigenvalue weighted by atomic mass is 16.4. The van der Waals surface area contributed by atoms with Crippen LogP contribution < -0.4 is 0 Å². The lowest BCUT2D eigenvalue weighted by Crippen LogP contribution is -1.98. The van der Waals surface area contributed by atoms with E-state index in [9.17, 15) is 4.79 Å². The standard InChI is InChI=1S/C2H4O3/c3-1-2(4)5/h3H,1H2,(H,4,5)/i1T/t1-/m0/s1. The summed E-state index contributed by atoms with van der Waals surface area (Å²) in [6, 6.07) is 0. The molecule has 0 rings (SSSR count). The molecule has 0 aliphatic heterocycles. The van der Waals surface area contributed by atoms with Crippen LogP contribution in [0.5, 0.6) is 0 Å². The second kappa shape index (κ2) is 1.72. The van der Waals surface area contributed by atoms with Crippen LogP contribution in [0.4, 0.5) is 0 Å². The minimum atomic E-state index is -1.98. The topological polar surface area (TPSA) is 57.5 Å². The molecule has 0 heterocycles. The summed E-state index contributed by atoms with van der Waals surface area (Å²) in [5.41, 5.74) is 0. The number of carboxylic acids is 1. The maximum absolute atomic E-state index is 9.26. The molecule has 0 aromatic heterocycles. The maximum atomic E-state index is 9.26. The molecule has 0 aromatic carbocycles. The molecule has 0 unspecified atom stereocenters. The SMILES string of the molecule is [3H][C@H](O)C(=O)O. The van der Waals surface area contributed by atoms with Crippen molar-refractivity contribution in [3.05, 3.63) is 0 Å². The number of hydrogen-bond acceptors (Lipinski definition) is 2. The maximum Gasteiger partial charge on any atom is 0.329 e. The van der Waals surface area contributed by atoms with E-state index in [0.29, 0.717) is 0 Å². The molecule has 0 aliphatic rings. The van der Waals surface area contributed by atoms with Gasteiger partial charge in [-0.15, -0.1) is 0 Å². The molecule has 30 valence electrons. The van der Waals surface area contributed by atoms with Crippen LogP contribution in [0.25, 0.3) is 0 Å². The Kier molecular flexibility index (Phi) is 0.914. The normalized spacial score (nSPS) is 16.6. The van der Waals surface area contributed by atoms with Gasteiger partial charge in [0, 0.05) is 0 Å². The molecule has 2 N–H and O–H groups in total. The first-order chi connectivity index (χ1) is 2.64. The monoisotopic (exact) mass is 78.0 g/mol. The van der Waals surface area contributed by atoms with Crippen LogP contribution in [0.2, 0.25) is 0 Å². The summed E-state index contributed by atoms with van der Waals surface area (Å²) in [6.07, 6.45) is 0. The number of hydrogen-bond donors (Lipinski definition) is 2. The first kappa shape index (κ1) is 2.66. The predicted octanol–water partition coefficient (Wildman–Crippen LogP) is -0.937. The number of aliphatic hydroxyl groups excluding tert-OH is 1. The molecule has 3 nitrogen and oxygen atoms in total. The summed E-state index contributed by atoms with van der Waals surface area (Å²) in [6.45, 7) is -1.98. The Morgan fingerprint density at radius 2 is 2.40 bits per heavy atom. The molecule has 0 saturated heterocycles. The van der Waals surface area contributed by atoms with Crippen LogP contribution in [-0.4, -0.2) is 22.8 Å². The highest BCUT2D eigenvalue weighted by Gasteiger charge is 1.82. The summed E-state index contributed by atoms with van der Waals surface area (Å²) >= 11 is 0. The smallest absolute Gasteiger partial charge is 0.329 e. The van der Waals surface area contributed by atoms with Gasteiger partial charge in [-0.25, -0.2) is 4.79 Å². The molecule has 0 fully saturated rings. The van der Waals surface area contributed by atoms with Gasteiger partial charge >= 0.3 is 5.97 Å². The average molecular weight is 78.1 g/mol. The summed E-state index contributed by atoms with van der Waals surface area (Å²) < 4.78 is 5.99. The average Bonchev–Trinajstić information content (AvgIpc) is 1.36. The highest BCUT2D eigenvalue weighted by Crippen LogP contribution is 1.48. The van der Waals surface area contributed by atoms with E-state index in [4.69, 9.17) is 11.6 Å². The fraction of sp³-hybridized carbons (Fsp3) is 0.500. The van der Waals surface area contributed by atoms with E-state index in [2.05, 4.69) is 0 Å². The molecule has 0 bridgehead atoms. The van der Waals surface area contributed by atoms with Crippen molar-refractivity contribution in [2.24, 2.45) is 0 Å². The summed E-state index contributed by atoms with van der Waals surface area (Å²) in [5.74, 6) is -1.52. The lowest BCUT2D eigenvalue weighted by Gasteiger charge is -1.72. The Hall–Kier alpha value is -0.570. The van der Waals surface area contributed by atoms with Gasteiger partial charge < -0.3 is 10.2 Å². The number of rotatable bonds is 1. The molecule has 0 amide bonds. The van der Waals surface area contributed by atoms with Gasteiger partial charge in [-0.2, -0.15) is 0 Å². The second-order valence-corrected chi connectivity index (χ2v) is 0.467. The van der Waals surface area contributed by atoms with Crippen molar-refractivity contribution in [3.63, 3.8) is 0 Å². The van der Waals surface area contributed by atoms with Crippen molar-refractivity contribution in [3.8, 4) is 0 Å². The van der Waals surface area contributed by atoms with Crippen LogP contribution in [-0.2, 0) is 4.79 Å². The fourth-order valence-corrected chi connectivity index (χ4v) is 0. The van der Waals surface area contributed by atoms with Crippen molar-refractivity contribution >= 4 is 5.97 Å². The van der Waals surface area contributed by atoms with Gasteiger partial charge in [-0.3, -0.25) is 0 Å². The van der Waals surface area contributed by atoms with E-state index < -0.39 is 12.6 Å². The molecule has 0 saturated carbocycles. The number of aliphatic hydroxyl groups is 1. The Morgan fingerprint density at radius 1 is 2.20 bits per heavy atom. The zero-order chi connectivity index (χ0) is 5.15. The number of carbonyl (C=O) groups is 1. The van der Waals surface area contributed by atoms with E-state index in [1.165, 1.54) is 0 Å². The first-order valence-corrected chi connectivity index (χ1v) is 0.975. The van der Waals surface area contributed by atoms with Crippen molar-refractivity contribution in [2.45, 2.75) is 0 Å². The van der Waals surface area contributed by atoms with Crippen LogP contribution in [0, 0.1) is 0 Å². The van der Waals surface area contributed by atoms with Gasteiger partial charge in [0.05, 0.1) is 1.37 Å². The molecule has 0 radical (unpaired) electrons. The van der Waals surface area contributed by atoms with Gasteiger partial charge in [-0.05, 0) is 0 Å². The summed E-state index contributed by atoms with van der Waals surface area (Å²) in [5, 5.41) is 15.2. The quantitative estimate of drug-likeness (QED) is 0.425. The minimum Gasteiger partial charge on any atom is -0.480 e. The predicted molar refractivity (Wildman–Crippen MR) is 14.7 cm³/mol. The Balaban J connectivity index is 3.26. The van der Waals surface area contributed by atoms with E-state index >= 15 is 0 Å². The van der Waals surface area contributed by atoms with Crippen molar-refractivity contribution in [1.82, 2.24) is 0 Å². The minimum absolute atomic E-state index is 1.52. The third-order valence-electron chi connectivity index (χ3n) is 0.110. The van der Waals surface area contributed by atoms with Gasteiger partial charge in [0.15, 0.2) is 0 Å². The zero-order valence-corrected chi connectivity index (χ0v) is 2.38. The lowest BCUT2D eigenvalue weighted by molar-refractivity contribution is -0.140.